The van der Waals surface area contributed by atoms with Crippen molar-refractivity contribution >= 4 is 11.8 Å². The number of carbonyl (C=O) groups is 2. The molecule has 0 bridgehead atoms. The van der Waals surface area contributed by atoms with Gasteiger partial charge < -0.3 is 10.6 Å². The van der Waals surface area contributed by atoms with Crippen LogP contribution in [0.25, 0.3) is 0 Å². The summed E-state index contributed by atoms with van der Waals surface area (Å²) in [4.78, 5) is 25.8. The predicted molar refractivity (Wildman–Crippen MR) is 64.4 cm³/mol. The molecule has 0 aliphatic heterocycles. The van der Waals surface area contributed by atoms with Crippen LogP contribution in [-0.2, 0) is 4.79 Å². The monoisotopic (exact) mass is 271 g/mol. The Hall–Kier alpha value is -2.05. The lowest BCUT2D eigenvalue weighted by molar-refractivity contribution is -0.120. The van der Waals surface area contributed by atoms with E-state index in [0.29, 0.717) is 6.54 Å². The van der Waals surface area contributed by atoms with Crippen molar-refractivity contribution in [3.05, 3.63) is 29.6 Å². The summed E-state index contributed by atoms with van der Waals surface area (Å²) < 4.78 is 26.0. The molecule has 19 heavy (non-hydrogen) atoms. The Bertz CT molecular complexity index is 466. The van der Waals surface area contributed by atoms with E-state index in [1.807, 2.05) is 6.92 Å². The van der Waals surface area contributed by atoms with E-state index in [4.69, 9.17) is 0 Å². The van der Waals surface area contributed by atoms with Crippen LogP contribution in [0.5, 0.6) is 0 Å². The number of carbonyl (C=O) groups excluding carboxylic acids is 2. The van der Waals surface area contributed by atoms with Crippen LogP contribution in [0.2, 0.25) is 0 Å². The molecule has 5 nitrogen and oxygen atoms in total. The second-order valence-electron chi connectivity index (χ2n) is 3.82. The fourth-order valence-corrected chi connectivity index (χ4v) is 1.33. The SMILES string of the molecule is CCCNC(=O)CCNC(=O)c1ccnc(F)c1F. The zero-order valence-corrected chi connectivity index (χ0v) is 10.5. The number of aromatic nitrogens is 1. The van der Waals surface area contributed by atoms with E-state index < -0.39 is 23.2 Å². The van der Waals surface area contributed by atoms with Gasteiger partial charge >= 0.3 is 0 Å². The van der Waals surface area contributed by atoms with E-state index in [-0.39, 0.29) is 18.9 Å². The highest BCUT2D eigenvalue weighted by Gasteiger charge is 2.15. The molecule has 0 fully saturated rings. The van der Waals surface area contributed by atoms with Crippen LogP contribution in [0.3, 0.4) is 0 Å². The second-order valence-corrected chi connectivity index (χ2v) is 3.82. The molecule has 104 valence electrons. The molecule has 0 aliphatic rings. The first-order valence-electron chi connectivity index (χ1n) is 5.91. The molecule has 0 unspecified atom stereocenters. The normalized spacial score (nSPS) is 10.1. The van der Waals surface area contributed by atoms with Crippen molar-refractivity contribution in [1.82, 2.24) is 15.6 Å². The molecule has 0 saturated heterocycles. The van der Waals surface area contributed by atoms with Gasteiger partial charge in [0.2, 0.25) is 11.9 Å². The molecule has 1 rings (SSSR count). The Balaban J connectivity index is 2.43. The minimum absolute atomic E-state index is 0.0533. The van der Waals surface area contributed by atoms with Crippen molar-refractivity contribution in [2.45, 2.75) is 19.8 Å². The van der Waals surface area contributed by atoms with E-state index in [0.717, 1.165) is 18.7 Å². The molecular weight excluding hydrogens is 256 g/mol. The van der Waals surface area contributed by atoms with E-state index in [2.05, 4.69) is 15.6 Å². The van der Waals surface area contributed by atoms with Crippen LogP contribution in [0.15, 0.2) is 12.3 Å². The fourth-order valence-electron chi connectivity index (χ4n) is 1.33. The van der Waals surface area contributed by atoms with Gasteiger partial charge in [0.1, 0.15) is 0 Å². The van der Waals surface area contributed by atoms with Crippen molar-refractivity contribution < 1.29 is 18.4 Å². The number of rotatable bonds is 6. The number of halogens is 2. The Kier molecular flexibility index (Phi) is 5.84. The molecule has 1 aromatic rings. The van der Waals surface area contributed by atoms with Crippen molar-refractivity contribution in [3.8, 4) is 0 Å². The highest BCUT2D eigenvalue weighted by atomic mass is 19.2. The van der Waals surface area contributed by atoms with Crippen molar-refractivity contribution in [2.75, 3.05) is 13.1 Å². The van der Waals surface area contributed by atoms with E-state index in [1.54, 1.807) is 0 Å². The van der Waals surface area contributed by atoms with E-state index in [9.17, 15) is 18.4 Å². The van der Waals surface area contributed by atoms with Gasteiger partial charge in [-0.05, 0) is 12.5 Å². The summed E-state index contributed by atoms with van der Waals surface area (Å²) in [5.41, 5.74) is -0.429. The molecule has 0 spiro atoms. The average molecular weight is 271 g/mol. The van der Waals surface area contributed by atoms with Gasteiger partial charge in [0.15, 0.2) is 5.82 Å². The third-order valence-corrected chi connectivity index (χ3v) is 2.30. The van der Waals surface area contributed by atoms with Gasteiger partial charge in [-0.3, -0.25) is 9.59 Å². The highest BCUT2D eigenvalue weighted by molar-refractivity contribution is 5.94. The first-order valence-corrected chi connectivity index (χ1v) is 5.91. The number of pyridine rings is 1. The zero-order chi connectivity index (χ0) is 14.3. The van der Waals surface area contributed by atoms with Gasteiger partial charge in [0.05, 0.1) is 5.56 Å². The van der Waals surface area contributed by atoms with Gasteiger partial charge in [-0.2, -0.15) is 4.39 Å². The lowest BCUT2D eigenvalue weighted by atomic mass is 10.2. The van der Waals surface area contributed by atoms with Crippen LogP contribution in [0.1, 0.15) is 30.1 Å². The molecule has 0 saturated carbocycles. The molecule has 2 amide bonds. The molecule has 0 aliphatic carbocycles. The molecule has 7 heteroatoms. The molecule has 1 heterocycles. The number of nitrogens with zero attached hydrogens (tertiary/aromatic N) is 1. The fraction of sp³-hybridized carbons (Fsp3) is 0.417. The van der Waals surface area contributed by atoms with Crippen molar-refractivity contribution in [3.63, 3.8) is 0 Å². The summed E-state index contributed by atoms with van der Waals surface area (Å²) in [6.45, 7) is 2.54. The second kappa shape index (κ2) is 7.40. The predicted octanol–water partition coefficient (Wildman–Crippen LogP) is 1.01. The minimum atomic E-state index is -1.33. The quantitative estimate of drug-likeness (QED) is 0.758. The summed E-state index contributed by atoms with van der Waals surface area (Å²) in [5.74, 6) is -3.60. The van der Waals surface area contributed by atoms with Gasteiger partial charge in [-0.25, -0.2) is 9.37 Å². The van der Waals surface area contributed by atoms with Crippen LogP contribution >= 0.6 is 0 Å². The lowest BCUT2D eigenvalue weighted by Crippen LogP contribution is -2.31. The maximum atomic E-state index is 13.2. The van der Waals surface area contributed by atoms with Crippen LogP contribution in [0.4, 0.5) is 8.78 Å². The smallest absolute Gasteiger partial charge is 0.254 e. The summed E-state index contributed by atoms with van der Waals surface area (Å²) >= 11 is 0. The molecule has 0 atom stereocenters. The van der Waals surface area contributed by atoms with Crippen LogP contribution < -0.4 is 10.6 Å². The Labute approximate surface area is 109 Å². The highest BCUT2D eigenvalue weighted by Crippen LogP contribution is 2.08. The van der Waals surface area contributed by atoms with Crippen molar-refractivity contribution in [2.24, 2.45) is 0 Å². The zero-order valence-electron chi connectivity index (χ0n) is 10.5. The first-order chi connectivity index (χ1) is 9.06. The Morgan fingerprint density at radius 1 is 1.26 bits per heavy atom. The summed E-state index contributed by atoms with van der Waals surface area (Å²) in [5, 5.41) is 4.97. The molecule has 2 N–H and O–H groups in total. The summed E-state index contributed by atoms with van der Waals surface area (Å²) in [6, 6.07) is 1.07. The number of hydrogen-bond donors (Lipinski definition) is 2. The largest absolute Gasteiger partial charge is 0.356 e. The maximum absolute atomic E-state index is 13.2. The Morgan fingerprint density at radius 2 is 2.00 bits per heavy atom. The number of amides is 2. The lowest BCUT2D eigenvalue weighted by Gasteiger charge is -2.06. The summed E-state index contributed by atoms with van der Waals surface area (Å²) in [6.07, 6.45) is 1.90. The molecule has 1 aromatic heterocycles. The summed E-state index contributed by atoms with van der Waals surface area (Å²) in [7, 11) is 0. The van der Waals surface area contributed by atoms with Crippen LogP contribution in [-0.4, -0.2) is 29.9 Å². The third kappa shape index (κ3) is 4.61. The molecular formula is C12H15F2N3O2. The molecule has 0 aromatic carbocycles. The minimum Gasteiger partial charge on any atom is -0.356 e. The topological polar surface area (TPSA) is 71.1 Å². The van der Waals surface area contributed by atoms with Gasteiger partial charge in [0.25, 0.3) is 5.91 Å². The van der Waals surface area contributed by atoms with E-state index in [1.165, 1.54) is 0 Å². The third-order valence-electron chi connectivity index (χ3n) is 2.30. The molecule has 0 radical (unpaired) electrons. The van der Waals surface area contributed by atoms with Gasteiger partial charge in [-0.1, -0.05) is 6.92 Å². The van der Waals surface area contributed by atoms with Crippen molar-refractivity contribution in [1.29, 1.82) is 0 Å². The average Bonchev–Trinajstić information content (AvgIpc) is 2.39. The maximum Gasteiger partial charge on any atom is 0.254 e. The van der Waals surface area contributed by atoms with Gasteiger partial charge in [0, 0.05) is 25.7 Å². The standard InChI is InChI=1S/C12H15F2N3O2/c1-2-5-15-9(18)4-7-17-12(19)8-3-6-16-11(14)10(8)13/h3,6H,2,4-5,7H2,1H3,(H,15,18)(H,17,19). The van der Waals surface area contributed by atoms with Crippen LogP contribution in [0, 0.1) is 11.8 Å². The number of nitrogens with one attached hydrogen (secondary N) is 2. The Morgan fingerprint density at radius 3 is 2.68 bits per heavy atom. The van der Waals surface area contributed by atoms with E-state index >= 15 is 0 Å². The first kappa shape index (κ1) is 15.0. The number of hydrogen-bond acceptors (Lipinski definition) is 3. The van der Waals surface area contributed by atoms with Gasteiger partial charge in [-0.15, -0.1) is 0 Å².